The molecule has 4 saturated heterocycles. The van der Waals surface area contributed by atoms with Gasteiger partial charge in [0.2, 0.25) is 5.95 Å². The number of ether oxygens (including phenoxy) is 1. The smallest absolute Gasteiger partial charge is 0.222 e. The minimum absolute atomic E-state index is 0.236. The fourth-order valence-electron chi connectivity index (χ4n) is 4.66. The summed E-state index contributed by atoms with van der Waals surface area (Å²) in [6, 6.07) is 9.27. The van der Waals surface area contributed by atoms with Gasteiger partial charge in [-0.1, -0.05) is 18.2 Å². The number of nitrogens with zero attached hydrogens (tertiary/aromatic N) is 3. The van der Waals surface area contributed by atoms with Crippen molar-refractivity contribution < 1.29 is 9.13 Å². The SMILES string of the molecule is NC1OC2(CN3CCC2CC3)CN1c1cc2ccccc2c(F)n1. The molecule has 2 aromatic rings. The molecule has 6 heteroatoms. The molecular weight excluding hydrogens is 307 g/mol. The van der Waals surface area contributed by atoms with Crippen LogP contribution in [0.15, 0.2) is 30.3 Å². The molecule has 4 aliphatic rings. The summed E-state index contributed by atoms with van der Waals surface area (Å²) in [6.45, 7) is 3.89. The highest BCUT2D eigenvalue weighted by molar-refractivity contribution is 5.84. The number of hydrogen-bond donors (Lipinski definition) is 1. The van der Waals surface area contributed by atoms with E-state index in [1.807, 2.05) is 29.2 Å². The van der Waals surface area contributed by atoms with Crippen LogP contribution in [0.5, 0.6) is 0 Å². The maximum atomic E-state index is 14.4. The maximum absolute atomic E-state index is 14.4. The number of anilines is 1. The summed E-state index contributed by atoms with van der Waals surface area (Å²) in [7, 11) is 0. The fourth-order valence-corrected chi connectivity index (χ4v) is 4.66. The minimum atomic E-state index is -0.571. The zero-order valence-corrected chi connectivity index (χ0v) is 13.5. The number of hydrogen-bond acceptors (Lipinski definition) is 5. The third-order valence-corrected chi connectivity index (χ3v) is 5.90. The zero-order chi connectivity index (χ0) is 16.3. The highest BCUT2D eigenvalue weighted by Gasteiger charge is 2.54. The molecule has 1 spiro atoms. The van der Waals surface area contributed by atoms with Crippen molar-refractivity contribution in [2.75, 3.05) is 31.1 Å². The second kappa shape index (κ2) is 5.12. The highest BCUT2D eigenvalue weighted by Crippen LogP contribution is 2.43. The molecule has 0 radical (unpaired) electrons. The van der Waals surface area contributed by atoms with Crippen molar-refractivity contribution in [1.82, 2.24) is 9.88 Å². The van der Waals surface area contributed by atoms with Crippen LogP contribution in [0.25, 0.3) is 10.8 Å². The van der Waals surface area contributed by atoms with Crippen molar-refractivity contribution in [2.24, 2.45) is 11.7 Å². The van der Waals surface area contributed by atoms with Crippen molar-refractivity contribution >= 4 is 16.6 Å². The van der Waals surface area contributed by atoms with E-state index in [2.05, 4.69) is 9.88 Å². The van der Waals surface area contributed by atoms with Crippen LogP contribution >= 0.6 is 0 Å². The Bertz CT molecular complexity index is 792. The van der Waals surface area contributed by atoms with Gasteiger partial charge in [-0.2, -0.15) is 4.39 Å². The Hall–Kier alpha value is -1.76. The Morgan fingerprint density at radius 1 is 1.21 bits per heavy atom. The van der Waals surface area contributed by atoms with Crippen molar-refractivity contribution in [3.63, 3.8) is 0 Å². The van der Waals surface area contributed by atoms with Crippen molar-refractivity contribution in [2.45, 2.75) is 24.8 Å². The van der Waals surface area contributed by atoms with E-state index < -0.39 is 12.3 Å². The first-order valence-electron chi connectivity index (χ1n) is 8.62. The van der Waals surface area contributed by atoms with Gasteiger partial charge in [-0.25, -0.2) is 4.98 Å². The molecular formula is C18H21FN4O. The Morgan fingerprint density at radius 3 is 2.75 bits per heavy atom. The molecule has 0 amide bonds. The fraction of sp³-hybridized carbons (Fsp3) is 0.500. The summed E-state index contributed by atoms with van der Waals surface area (Å²) in [5.74, 6) is 0.640. The van der Waals surface area contributed by atoms with Crippen molar-refractivity contribution in [1.29, 1.82) is 0 Å². The van der Waals surface area contributed by atoms with Crippen molar-refractivity contribution in [3.05, 3.63) is 36.3 Å². The third kappa shape index (κ3) is 2.06. The third-order valence-electron chi connectivity index (χ3n) is 5.90. The van der Waals surface area contributed by atoms with Crippen LogP contribution < -0.4 is 10.6 Å². The maximum Gasteiger partial charge on any atom is 0.222 e. The molecule has 0 aliphatic carbocycles. The highest BCUT2D eigenvalue weighted by atomic mass is 19.1. The molecule has 126 valence electrons. The quantitative estimate of drug-likeness (QED) is 0.811. The van der Waals surface area contributed by atoms with E-state index in [0.717, 1.165) is 37.9 Å². The van der Waals surface area contributed by atoms with Crippen LogP contribution in [0.4, 0.5) is 10.2 Å². The van der Waals surface area contributed by atoms with Crippen LogP contribution in [0.3, 0.4) is 0 Å². The molecule has 0 saturated carbocycles. The number of rotatable bonds is 1. The Balaban J connectivity index is 1.51. The van der Waals surface area contributed by atoms with Gasteiger partial charge in [0, 0.05) is 11.9 Å². The van der Waals surface area contributed by atoms with E-state index >= 15 is 0 Å². The predicted molar refractivity (Wildman–Crippen MR) is 90.0 cm³/mol. The Kier molecular flexibility index (Phi) is 3.11. The lowest BCUT2D eigenvalue weighted by molar-refractivity contribution is -0.137. The van der Waals surface area contributed by atoms with Crippen LogP contribution in [0.2, 0.25) is 0 Å². The van der Waals surface area contributed by atoms with Gasteiger partial charge >= 0.3 is 0 Å². The topological polar surface area (TPSA) is 54.6 Å². The average molecular weight is 328 g/mol. The van der Waals surface area contributed by atoms with Gasteiger partial charge in [0.1, 0.15) is 11.4 Å². The molecule has 5 nitrogen and oxygen atoms in total. The van der Waals surface area contributed by atoms with Gasteiger partial charge in [-0.3, -0.25) is 5.73 Å². The van der Waals surface area contributed by atoms with E-state index in [9.17, 15) is 4.39 Å². The summed E-state index contributed by atoms with van der Waals surface area (Å²) in [4.78, 5) is 8.52. The largest absolute Gasteiger partial charge is 0.335 e. The Morgan fingerprint density at radius 2 is 2.00 bits per heavy atom. The molecule has 6 rings (SSSR count). The lowest BCUT2D eigenvalue weighted by Crippen LogP contribution is -2.61. The minimum Gasteiger partial charge on any atom is -0.335 e. The number of aromatic nitrogens is 1. The molecule has 4 aliphatic heterocycles. The second-order valence-electron chi connectivity index (χ2n) is 7.24. The molecule has 24 heavy (non-hydrogen) atoms. The predicted octanol–water partition coefficient (Wildman–Crippen LogP) is 1.92. The van der Waals surface area contributed by atoms with Gasteiger partial charge < -0.3 is 14.5 Å². The van der Waals surface area contributed by atoms with Crippen molar-refractivity contribution in [3.8, 4) is 0 Å². The molecule has 2 bridgehead atoms. The molecule has 2 N–H and O–H groups in total. The van der Waals surface area contributed by atoms with Gasteiger partial charge in [0.05, 0.1) is 6.54 Å². The summed E-state index contributed by atoms with van der Waals surface area (Å²) in [6.07, 6.45) is 1.73. The summed E-state index contributed by atoms with van der Waals surface area (Å²) >= 11 is 0. The number of halogens is 1. The molecule has 2 atom stereocenters. The van der Waals surface area contributed by atoms with E-state index in [-0.39, 0.29) is 5.60 Å². The molecule has 1 aromatic heterocycles. The first-order chi connectivity index (χ1) is 11.6. The zero-order valence-electron chi connectivity index (χ0n) is 13.5. The lowest BCUT2D eigenvalue weighted by atomic mass is 9.75. The number of fused-ring (bicyclic) bond motifs is 3. The number of piperidine rings is 3. The Labute approximate surface area is 140 Å². The molecule has 1 aromatic carbocycles. The standard InChI is InChI=1S/C18H21FN4O/c19-16-14-4-2-1-3-12(14)9-15(21-16)23-11-18(24-17(23)20)10-22-7-5-13(18)6-8-22/h1-4,9,13,17H,5-8,10-11,20H2. The van der Waals surface area contributed by atoms with Gasteiger partial charge in [-0.15, -0.1) is 0 Å². The first kappa shape index (κ1) is 14.6. The summed E-state index contributed by atoms with van der Waals surface area (Å²) in [5, 5.41) is 1.37. The molecule has 5 heterocycles. The van der Waals surface area contributed by atoms with Gasteiger partial charge in [0.15, 0.2) is 6.35 Å². The van der Waals surface area contributed by atoms with E-state index in [1.54, 1.807) is 6.07 Å². The molecule has 4 fully saturated rings. The average Bonchev–Trinajstić information content (AvgIpc) is 2.92. The van der Waals surface area contributed by atoms with Crippen LogP contribution in [-0.2, 0) is 4.74 Å². The van der Waals surface area contributed by atoms with E-state index in [0.29, 0.717) is 23.7 Å². The summed E-state index contributed by atoms with van der Waals surface area (Å²) in [5.41, 5.74) is 6.03. The summed E-state index contributed by atoms with van der Waals surface area (Å²) < 4.78 is 20.6. The normalized spacial score (nSPS) is 35.2. The van der Waals surface area contributed by atoms with Crippen LogP contribution in [0, 0.1) is 11.9 Å². The number of pyridine rings is 1. The van der Waals surface area contributed by atoms with Crippen LogP contribution in [-0.4, -0.2) is 48.0 Å². The lowest BCUT2D eigenvalue weighted by Gasteiger charge is -2.50. The monoisotopic (exact) mass is 328 g/mol. The van der Waals surface area contributed by atoms with E-state index in [1.165, 1.54) is 0 Å². The van der Waals surface area contributed by atoms with Gasteiger partial charge in [-0.05, 0) is 49.4 Å². The van der Waals surface area contributed by atoms with Crippen LogP contribution in [0.1, 0.15) is 12.8 Å². The number of nitrogens with two attached hydrogens (primary N) is 1. The van der Waals surface area contributed by atoms with E-state index in [4.69, 9.17) is 10.5 Å². The van der Waals surface area contributed by atoms with Gasteiger partial charge in [0.25, 0.3) is 0 Å². The molecule has 2 unspecified atom stereocenters. The second-order valence-corrected chi connectivity index (χ2v) is 7.24. The number of benzene rings is 1. The first-order valence-corrected chi connectivity index (χ1v) is 8.62.